The molecule has 0 aromatic rings. The topological polar surface area (TPSA) is 46.5 Å². The molecule has 0 saturated heterocycles. The SMILES string of the molecule is CCCCC(CC)(OCCC)C(=O)O. The van der Waals surface area contributed by atoms with Gasteiger partial charge in [-0.25, -0.2) is 4.79 Å². The van der Waals surface area contributed by atoms with Crippen LogP contribution in [-0.4, -0.2) is 23.3 Å². The number of hydrogen-bond acceptors (Lipinski definition) is 2. The van der Waals surface area contributed by atoms with Gasteiger partial charge in [-0.1, -0.05) is 33.6 Å². The number of aliphatic carboxylic acids is 1. The lowest BCUT2D eigenvalue weighted by Gasteiger charge is -2.28. The fourth-order valence-corrected chi connectivity index (χ4v) is 1.43. The average molecular weight is 202 g/mol. The van der Waals surface area contributed by atoms with Gasteiger partial charge in [0, 0.05) is 6.61 Å². The largest absolute Gasteiger partial charge is 0.479 e. The van der Waals surface area contributed by atoms with E-state index in [2.05, 4.69) is 6.92 Å². The first-order chi connectivity index (χ1) is 6.63. The summed E-state index contributed by atoms with van der Waals surface area (Å²) in [6.45, 7) is 6.45. The first-order valence-electron chi connectivity index (χ1n) is 5.50. The molecule has 0 amide bonds. The molecule has 0 aliphatic heterocycles. The zero-order valence-corrected chi connectivity index (χ0v) is 9.51. The Morgan fingerprint density at radius 2 is 1.93 bits per heavy atom. The molecule has 84 valence electrons. The minimum absolute atomic E-state index is 0.532. The zero-order valence-electron chi connectivity index (χ0n) is 9.51. The molecule has 14 heavy (non-hydrogen) atoms. The third kappa shape index (κ3) is 3.66. The summed E-state index contributed by atoms with van der Waals surface area (Å²) in [5, 5.41) is 9.15. The number of ether oxygens (including phenoxy) is 1. The predicted octanol–water partition coefficient (Wildman–Crippen LogP) is 2.84. The van der Waals surface area contributed by atoms with E-state index in [9.17, 15) is 4.79 Å². The Labute approximate surface area is 86.5 Å². The van der Waals surface area contributed by atoms with Crippen LogP contribution in [0.3, 0.4) is 0 Å². The zero-order chi connectivity index (χ0) is 11.0. The summed E-state index contributed by atoms with van der Waals surface area (Å²) in [5.74, 6) is -0.818. The van der Waals surface area contributed by atoms with Crippen LogP contribution in [-0.2, 0) is 9.53 Å². The van der Waals surface area contributed by atoms with Gasteiger partial charge in [0.25, 0.3) is 0 Å². The number of rotatable bonds is 8. The van der Waals surface area contributed by atoms with Gasteiger partial charge in [0.2, 0.25) is 0 Å². The molecule has 0 rings (SSSR count). The maximum atomic E-state index is 11.1. The molecular formula is C11H22O3. The van der Waals surface area contributed by atoms with Gasteiger partial charge in [-0.2, -0.15) is 0 Å². The van der Waals surface area contributed by atoms with E-state index in [0.717, 1.165) is 19.3 Å². The van der Waals surface area contributed by atoms with E-state index in [1.165, 1.54) is 0 Å². The van der Waals surface area contributed by atoms with Crippen molar-refractivity contribution in [3.05, 3.63) is 0 Å². The Kier molecular flexibility index (Phi) is 6.54. The Bertz CT molecular complexity index is 158. The van der Waals surface area contributed by atoms with Crippen LogP contribution in [0.2, 0.25) is 0 Å². The summed E-state index contributed by atoms with van der Waals surface area (Å²) >= 11 is 0. The summed E-state index contributed by atoms with van der Waals surface area (Å²) in [5.41, 5.74) is -0.938. The Morgan fingerprint density at radius 1 is 1.29 bits per heavy atom. The van der Waals surface area contributed by atoms with Crippen molar-refractivity contribution in [3.8, 4) is 0 Å². The molecule has 0 bridgehead atoms. The first-order valence-corrected chi connectivity index (χ1v) is 5.50. The van der Waals surface area contributed by atoms with E-state index in [-0.39, 0.29) is 0 Å². The molecule has 3 heteroatoms. The van der Waals surface area contributed by atoms with Crippen LogP contribution in [0.5, 0.6) is 0 Å². The van der Waals surface area contributed by atoms with Crippen molar-refractivity contribution >= 4 is 5.97 Å². The second kappa shape index (κ2) is 6.82. The van der Waals surface area contributed by atoms with Crippen LogP contribution in [0, 0.1) is 0 Å². The Hall–Kier alpha value is -0.570. The van der Waals surface area contributed by atoms with Crippen LogP contribution in [0.4, 0.5) is 0 Å². The molecule has 0 aromatic carbocycles. The van der Waals surface area contributed by atoms with Gasteiger partial charge in [0.1, 0.15) is 0 Å². The third-order valence-electron chi connectivity index (χ3n) is 2.48. The highest BCUT2D eigenvalue weighted by atomic mass is 16.5. The minimum atomic E-state index is -0.938. The molecular weight excluding hydrogens is 180 g/mol. The van der Waals surface area contributed by atoms with Crippen LogP contribution in [0.1, 0.15) is 52.9 Å². The van der Waals surface area contributed by atoms with Crippen LogP contribution in [0.25, 0.3) is 0 Å². The molecule has 1 atom stereocenters. The second-order valence-electron chi connectivity index (χ2n) is 3.61. The summed E-state index contributed by atoms with van der Waals surface area (Å²) in [4.78, 5) is 11.1. The number of carbonyl (C=O) groups is 1. The minimum Gasteiger partial charge on any atom is -0.479 e. The summed E-state index contributed by atoms with van der Waals surface area (Å²) in [6, 6.07) is 0. The molecule has 0 aliphatic rings. The number of carboxylic acids is 1. The monoisotopic (exact) mass is 202 g/mol. The molecule has 0 fully saturated rings. The lowest BCUT2D eigenvalue weighted by molar-refractivity contribution is -0.168. The van der Waals surface area contributed by atoms with Crippen LogP contribution >= 0.6 is 0 Å². The first kappa shape index (κ1) is 13.4. The molecule has 0 aromatic heterocycles. The highest BCUT2D eigenvalue weighted by Crippen LogP contribution is 2.24. The third-order valence-corrected chi connectivity index (χ3v) is 2.48. The van der Waals surface area contributed by atoms with Crippen molar-refractivity contribution in [3.63, 3.8) is 0 Å². The summed E-state index contributed by atoms with van der Waals surface area (Å²) in [6.07, 6.45) is 3.94. The lowest BCUT2D eigenvalue weighted by Crippen LogP contribution is -2.41. The van der Waals surface area contributed by atoms with Gasteiger partial charge in [-0.15, -0.1) is 0 Å². The van der Waals surface area contributed by atoms with E-state index in [4.69, 9.17) is 9.84 Å². The highest BCUT2D eigenvalue weighted by Gasteiger charge is 2.36. The predicted molar refractivity (Wildman–Crippen MR) is 56.4 cm³/mol. The molecule has 0 radical (unpaired) electrons. The van der Waals surface area contributed by atoms with Crippen molar-refractivity contribution < 1.29 is 14.6 Å². The summed E-state index contributed by atoms with van der Waals surface area (Å²) < 4.78 is 5.49. The van der Waals surface area contributed by atoms with E-state index >= 15 is 0 Å². The molecule has 1 N–H and O–H groups in total. The van der Waals surface area contributed by atoms with Crippen molar-refractivity contribution in [2.24, 2.45) is 0 Å². The molecule has 0 aliphatic carbocycles. The molecule has 0 spiro atoms. The molecule has 3 nitrogen and oxygen atoms in total. The number of hydrogen-bond donors (Lipinski definition) is 1. The summed E-state index contributed by atoms with van der Waals surface area (Å²) in [7, 11) is 0. The van der Waals surface area contributed by atoms with Gasteiger partial charge in [-0.05, 0) is 19.3 Å². The van der Waals surface area contributed by atoms with Gasteiger partial charge in [0.15, 0.2) is 5.60 Å². The fourth-order valence-electron chi connectivity index (χ4n) is 1.43. The van der Waals surface area contributed by atoms with E-state index in [1.54, 1.807) is 0 Å². The Balaban J connectivity index is 4.35. The van der Waals surface area contributed by atoms with E-state index in [0.29, 0.717) is 19.4 Å². The van der Waals surface area contributed by atoms with E-state index < -0.39 is 11.6 Å². The maximum Gasteiger partial charge on any atom is 0.335 e. The molecule has 0 heterocycles. The maximum absolute atomic E-state index is 11.1. The highest BCUT2D eigenvalue weighted by molar-refractivity contribution is 5.77. The van der Waals surface area contributed by atoms with Crippen LogP contribution < -0.4 is 0 Å². The molecule has 1 unspecified atom stereocenters. The fraction of sp³-hybridized carbons (Fsp3) is 0.909. The van der Waals surface area contributed by atoms with Gasteiger partial charge >= 0.3 is 5.97 Å². The van der Waals surface area contributed by atoms with Crippen molar-refractivity contribution in [1.82, 2.24) is 0 Å². The van der Waals surface area contributed by atoms with Crippen molar-refractivity contribution in [1.29, 1.82) is 0 Å². The number of carboxylic acid groups (broad SMARTS) is 1. The lowest BCUT2D eigenvalue weighted by atomic mass is 9.93. The molecule has 0 saturated carbocycles. The normalized spacial score (nSPS) is 15.1. The standard InChI is InChI=1S/C11H22O3/c1-4-7-8-11(6-3,10(12)13)14-9-5-2/h4-9H2,1-3H3,(H,12,13). The van der Waals surface area contributed by atoms with Crippen molar-refractivity contribution in [2.45, 2.75) is 58.5 Å². The Morgan fingerprint density at radius 3 is 2.29 bits per heavy atom. The quantitative estimate of drug-likeness (QED) is 0.658. The van der Waals surface area contributed by atoms with Gasteiger partial charge < -0.3 is 9.84 Å². The second-order valence-corrected chi connectivity index (χ2v) is 3.61. The average Bonchev–Trinajstić information content (AvgIpc) is 2.18. The van der Waals surface area contributed by atoms with Crippen molar-refractivity contribution in [2.75, 3.05) is 6.61 Å². The van der Waals surface area contributed by atoms with E-state index in [1.807, 2.05) is 13.8 Å². The smallest absolute Gasteiger partial charge is 0.335 e. The van der Waals surface area contributed by atoms with Gasteiger partial charge in [-0.3, -0.25) is 0 Å². The number of unbranched alkanes of at least 4 members (excludes halogenated alkanes) is 1. The van der Waals surface area contributed by atoms with Gasteiger partial charge in [0.05, 0.1) is 0 Å². The van der Waals surface area contributed by atoms with Crippen LogP contribution in [0.15, 0.2) is 0 Å².